The van der Waals surface area contributed by atoms with Crippen LogP contribution in [0, 0.1) is 5.92 Å². The Morgan fingerprint density at radius 1 is 1.62 bits per heavy atom. The third-order valence-corrected chi connectivity index (χ3v) is 2.84. The topological polar surface area (TPSA) is 25.2 Å². The monoisotopic (exact) mass is 179 g/mol. The van der Waals surface area contributed by atoms with Crippen LogP contribution in [0.25, 0.3) is 0 Å². The van der Waals surface area contributed by atoms with Gasteiger partial charge in [0.05, 0.1) is 6.26 Å². The highest BCUT2D eigenvalue weighted by molar-refractivity contribution is 4.99. The summed E-state index contributed by atoms with van der Waals surface area (Å²) >= 11 is 0. The van der Waals surface area contributed by atoms with E-state index in [0.29, 0.717) is 6.04 Å². The fourth-order valence-electron chi connectivity index (χ4n) is 1.87. The summed E-state index contributed by atoms with van der Waals surface area (Å²) in [5.41, 5.74) is 0. The maximum absolute atomic E-state index is 5.30. The molecular formula is C11H17NO. The van der Waals surface area contributed by atoms with Crippen LogP contribution in [-0.4, -0.2) is 13.1 Å². The molecule has 0 bridgehead atoms. The van der Waals surface area contributed by atoms with Gasteiger partial charge in [0.2, 0.25) is 0 Å². The molecule has 2 nitrogen and oxygen atoms in total. The number of rotatable bonds is 5. The van der Waals surface area contributed by atoms with E-state index in [1.165, 1.54) is 19.3 Å². The lowest BCUT2D eigenvalue weighted by Gasteiger charge is -2.13. The summed E-state index contributed by atoms with van der Waals surface area (Å²) in [4.78, 5) is 0. The Morgan fingerprint density at radius 3 is 3.00 bits per heavy atom. The Bertz CT molecular complexity index is 239. The zero-order valence-corrected chi connectivity index (χ0v) is 8.12. The Morgan fingerprint density at radius 2 is 2.46 bits per heavy atom. The lowest BCUT2D eigenvalue weighted by atomic mass is 10.1. The summed E-state index contributed by atoms with van der Waals surface area (Å²) < 4.78 is 5.30. The van der Waals surface area contributed by atoms with Crippen molar-refractivity contribution in [2.45, 2.75) is 31.7 Å². The summed E-state index contributed by atoms with van der Waals surface area (Å²) in [6, 6.07) is 4.71. The van der Waals surface area contributed by atoms with E-state index >= 15 is 0 Å². The molecule has 0 aliphatic heterocycles. The minimum absolute atomic E-state index is 0.699. The molecule has 1 saturated carbocycles. The molecule has 0 spiro atoms. The molecule has 1 aromatic rings. The molecule has 2 heteroatoms. The smallest absolute Gasteiger partial charge is 0.103 e. The lowest BCUT2D eigenvalue weighted by Crippen LogP contribution is -2.27. The Kier molecular flexibility index (Phi) is 2.69. The molecule has 0 amide bonds. The second-order valence-electron chi connectivity index (χ2n) is 3.85. The van der Waals surface area contributed by atoms with E-state index in [2.05, 4.69) is 18.4 Å². The van der Waals surface area contributed by atoms with Crippen molar-refractivity contribution in [1.29, 1.82) is 0 Å². The van der Waals surface area contributed by atoms with Gasteiger partial charge in [-0.15, -0.1) is 0 Å². The molecule has 1 aliphatic carbocycles. The average Bonchev–Trinajstić information content (AvgIpc) is 2.84. The highest BCUT2D eigenvalue weighted by Crippen LogP contribution is 2.34. The molecule has 1 heterocycles. The molecule has 1 atom stereocenters. The predicted molar refractivity (Wildman–Crippen MR) is 52.6 cm³/mol. The van der Waals surface area contributed by atoms with Gasteiger partial charge in [0.15, 0.2) is 0 Å². The predicted octanol–water partition coefficient (Wildman–Crippen LogP) is 2.21. The highest BCUT2D eigenvalue weighted by atomic mass is 16.3. The minimum atomic E-state index is 0.699. The van der Waals surface area contributed by atoms with Crippen LogP contribution < -0.4 is 5.32 Å². The lowest BCUT2D eigenvalue weighted by molar-refractivity contribution is 0.435. The van der Waals surface area contributed by atoms with Crippen LogP contribution >= 0.6 is 0 Å². The first-order valence-corrected chi connectivity index (χ1v) is 5.10. The fourth-order valence-corrected chi connectivity index (χ4v) is 1.87. The minimum Gasteiger partial charge on any atom is -0.469 e. The van der Waals surface area contributed by atoms with Crippen molar-refractivity contribution in [1.82, 2.24) is 5.32 Å². The molecule has 1 N–H and O–H groups in total. The van der Waals surface area contributed by atoms with Gasteiger partial charge in [-0.05, 0) is 44.4 Å². The number of hydrogen-bond donors (Lipinski definition) is 1. The molecule has 0 aromatic carbocycles. The second-order valence-corrected chi connectivity index (χ2v) is 3.85. The van der Waals surface area contributed by atoms with Crippen molar-refractivity contribution in [3.63, 3.8) is 0 Å². The van der Waals surface area contributed by atoms with Crippen LogP contribution in [0.3, 0.4) is 0 Å². The molecular weight excluding hydrogens is 162 g/mol. The van der Waals surface area contributed by atoms with Crippen molar-refractivity contribution < 1.29 is 4.42 Å². The normalized spacial score (nSPS) is 18.8. The summed E-state index contributed by atoms with van der Waals surface area (Å²) in [5, 5.41) is 3.38. The van der Waals surface area contributed by atoms with Crippen LogP contribution in [-0.2, 0) is 6.42 Å². The number of aryl methyl sites for hydroxylation is 1. The van der Waals surface area contributed by atoms with Crippen molar-refractivity contribution in [2.75, 3.05) is 7.05 Å². The zero-order chi connectivity index (χ0) is 9.10. The summed E-state index contributed by atoms with van der Waals surface area (Å²) in [7, 11) is 2.06. The van der Waals surface area contributed by atoms with Crippen molar-refractivity contribution in [3.05, 3.63) is 24.2 Å². The van der Waals surface area contributed by atoms with Crippen LogP contribution in [0.2, 0.25) is 0 Å². The molecule has 1 unspecified atom stereocenters. The van der Waals surface area contributed by atoms with Gasteiger partial charge in [-0.1, -0.05) is 0 Å². The maximum atomic E-state index is 5.30. The maximum Gasteiger partial charge on any atom is 0.103 e. The van der Waals surface area contributed by atoms with Gasteiger partial charge in [-0.2, -0.15) is 0 Å². The number of nitrogens with one attached hydrogen (secondary N) is 1. The van der Waals surface area contributed by atoms with Gasteiger partial charge < -0.3 is 9.73 Å². The molecule has 1 aliphatic rings. The first-order chi connectivity index (χ1) is 6.40. The van der Waals surface area contributed by atoms with E-state index in [1.54, 1.807) is 6.26 Å². The largest absolute Gasteiger partial charge is 0.469 e. The standard InChI is InChI=1S/C11H17NO/c1-12-11(9-4-5-9)7-6-10-3-2-8-13-10/h2-3,8-9,11-12H,4-7H2,1H3. The summed E-state index contributed by atoms with van der Waals surface area (Å²) in [6.45, 7) is 0. The van der Waals surface area contributed by atoms with E-state index < -0.39 is 0 Å². The van der Waals surface area contributed by atoms with Gasteiger partial charge in [-0.25, -0.2) is 0 Å². The van der Waals surface area contributed by atoms with Crippen molar-refractivity contribution in [3.8, 4) is 0 Å². The summed E-state index contributed by atoms with van der Waals surface area (Å²) in [5.74, 6) is 2.04. The highest BCUT2D eigenvalue weighted by Gasteiger charge is 2.29. The quantitative estimate of drug-likeness (QED) is 0.749. The van der Waals surface area contributed by atoms with E-state index in [4.69, 9.17) is 4.42 Å². The molecule has 0 saturated heterocycles. The van der Waals surface area contributed by atoms with Crippen molar-refractivity contribution in [2.24, 2.45) is 5.92 Å². The van der Waals surface area contributed by atoms with Gasteiger partial charge in [0.25, 0.3) is 0 Å². The van der Waals surface area contributed by atoms with E-state index in [-0.39, 0.29) is 0 Å². The first-order valence-electron chi connectivity index (χ1n) is 5.10. The van der Waals surface area contributed by atoms with Crippen LogP contribution in [0.1, 0.15) is 25.0 Å². The van der Waals surface area contributed by atoms with Crippen LogP contribution in [0.5, 0.6) is 0 Å². The van der Waals surface area contributed by atoms with Gasteiger partial charge in [-0.3, -0.25) is 0 Å². The number of hydrogen-bond acceptors (Lipinski definition) is 2. The first kappa shape index (κ1) is 8.82. The zero-order valence-electron chi connectivity index (χ0n) is 8.12. The Hall–Kier alpha value is -0.760. The average molecular weight is 179 g/mol. The molecule has 13 heavy (non-hydrogen) atoms. The fraction of sp³-hybridized carbons (Fsp3) is 0.636. The van der Waals surface area contributed by atoms with Gasteiger partial charge in [0, 0.05) is 12.5 Å². The van der Waals surface area contributed by atoms with E-state index in [1.807, 2.05) is 6.07 Å². The molecule has 1 aromatic heterocycles. The van der Waals surface area contributed by atoms with Gasteiger partial charge in [0.1, 0.15) is 5.76 Å². The summed E-state index contributed by atoms with van der Waals surface area (Å²) in [6.07, 6.45) is 6.83. The van der Waals surface area contributed by atoms with Crippen LogP contribution in [0.15, 0.2) is 22.8 Å². The van der Waals surface area contributed by atoms with Crippen LogP contribution in [0.4, 0.5) is 0 Å². The Labute approximate surface area is 79.3 Å². The number of furan rings is 1. The SMILES string of the molecule is CNC(CCc1ccco1)C1CC1. The van der Waals surface area contributed by atoms with E-state index in [0.717, 1.165) is 18.1 Å². The third kappa shape index (κ3) is 2.34. The van der Waals surface area contributed by atoms with Crippen molar-refractivity contribution >= 4 is 0 Å². The van der Waals surface area contributed by atoms with E-state index in [9.17, 15) is 0 Å². The molecule has 1 fully saturated rings. The molecule has 72 valence electrons. The third-order valence-electron chi connectivity index (χ3n) is 2.84. The van der Waals surface area contributed by atoms with Gasteiger partial charge >= 0.3 is 0 Å². The Balaban J connectivity index is 1.77. The molecule has 0 radical (unpaired) electrons. The molecule has 2 rings (SSSR count). The second kappa shape index (κ2) is 3.97.